The second kappa shape index (κ2) is 12.4. The van der Waals surface area contributed by atoms with Crippen LogP contribution < -0.4 is 16.4 Å². The lowest BCUT2D eigenvalue weighted by Gasteiger charge is -2.41. The van der Waals surface area contributed by atoms with Crippen molar-refractivity contribution in [3.05, 3.63) is 39.6 Å². The van der Waals surface area contributed by atoms with E-state index in [0.29, 0.717) is 0 Å². The zero-order chi connectivity index (χ0) is 34.4. The van der Waals surface area contributed by atoms with Gasteiger partial charge in [0, 0.05) is 5.38 Å². The van der Waals surface area contributed by atoms with Gasteiger partial charge in [0.2, 0.25) is 11.5 Å². The van der Waals surface area contributed by atoms with Crippen LogP contribution >= 0.6 is 34.7 Å². The number of oxime groups is 1. The van der Waals surface area contributed by atoms with Crippen molar-refractivity contribution in [1.82, 2.24) is 40.7 Å². The van der Waals surface area contributed by atoms with Gasteiger partial charge in [-0.2, -0.15) is 0 Å². The third-order valence-corrected chi connectivity index (χ3v) is 9.69. The van der Waals surface area contributed by atoms with Gasteiger partial charge >= 0.3 is 5.97 Å². The molecule has 3 aromatic rings. The zero-order valence-electron chi connectivity index (χ0n) is 24.1. The lowest BCUT2D eigenvalue weighted by atomic mass is 10.1. The lowest BCUT2D eigenvalue weighted by Crippen LogP contribution is -2.68. The number of phenols is 2. The normalized spacial score (nSPS) is 20.9. The van der Waals surface area contributed by atoms with Crippen LogP contribution in [0.15, 0.2) is 22.7 Å². The van der Waals surface area contributed by atoms with Gasteiger partial charge in [-0.05, 0) is 31.2 Å². The highest BCUT2D eigenvalue weighted by Crippen LogP contribution is 2.50. The molecule has 9 N–H and O–H groups in total. The van der Waals surface area contributed by atoms with Gasteiger partial charge in [0.25, 0.3) is 11.8 Å². The lowest BCUT2D eigenvalue weighted by molar-refractivity contribution is -0.161. The Labute approximate surface area is 276 Å². The maximum atomic E-state index is 13.3. The number of tetrazole rings is 1. The predicted octanol–water partition coefficient (Wildman–Crippen LogP) is -1.65. The second-order valence-corrected chi connectivity index (χ2v) is 13.2. The number of carboxylic acids is 1. The maximum Gasteiger partial charge on any atom is 0.350 e. The fourth-order valence-electron chi connectivity index (χ4n) is 4.27. The van der Waals surface area contributed by atoms with E-state index in [1.807, 2.05) is 0 Å². The molecule has 2 saturated heterocycles. The molecule has 0 radical (unpaired) electrons. The summed E-state index contributed by atoms with van der Waals surface area (Å²) in [5, 5.41) is 70.2. The molecule has 47 heavy (non-hydrogen) atoms. The molecule has 2 fully saturated rings. The van der Waals surface area contributed by atoms with Crippen LogP contribution in [0.25, 0.3) is 0 Å². The molecule has 0 spiro atoms. The molecule has 23 heteroatoms. The largest absolute Gasteiger partial charge is 0.504 e. The molecule has 3 amide bonds. The number of aliphatic carboxylic acids is 1. The first-order chi connectivity index (χ1) is 22.1. The van der Waals surface area contributed by atoms with Crippen molar-refractivity contribution in [3.63, 3.8) is 0 Å². The minimum Gasteiger partial charge on any atom is -0.504 e. The summed E-state index contributed by atoms with van der Waals surface area (Å²) >= 11 is 7.75. The predicted molar refractivity (Wildman–Crippen MR) is 161 cm³/mol. The van der Waals surface area contributed by atoms with Gasteiger partial charge in [-0.15, -0.1) is 26.3 Å². The van der Waals surface area contributed by atoms with Crippen molar-refractivity contribution >= 4 is 69.2 Å². The number of nitrogen functional groups attached to an aromatic ring is 1. The summed E-state index contributed by atoms with van der Waals surface area (Å²) in [6.45, 7) is 1.80. The molecule has 0 aliphatic carbocycles. The Morgan fingerprint density at radius 1 is 1.30 bits per heavy atom. The Morgan fingerprint density at radius 2 is 2.02 bits per heavy atom. The first-order valence-electron chi connectivity index (χ1n) is 13.2. The van der Waals surface area contributed by atoms with Crippen LogP contribution in [0.2, 0.25) is 5.02 Å². The van der Waals surface area contributed by atoms with E-state index in [-0.39, 0.29) is 40.3 Å². The Morgan fingerprint density at radius 3 is 2.66 bits per heavy atom. The van der Waals surface area contributed by atoms with Crippen LogP contribution in [0.3, 0.4) is 0 Å². The number of hydrogen-bond acceptors (Lipinski definition) is 17. The number of hydrogen-bond donors (Lipinski definition) is 8. The number of aliphatic hydroxyl groups is 2. The molecule has 3 atom stereocenters. The minimum absolute atomic E-state index is 0.0371. The topological polar surface area (TPSA) is 301 Å². The van der Waals surface area contributed by atoms with E-state index in [2.05, 4.69) is 36.2 Å². The molecule has 1 aromatic carbocycles. The molecule has 0 saturated carbocycles. The smallest absolute Gasteiger partial charge is 0.350 e. The number of nitrogens with one attached hydrogen (secondary N) is 2. The number of β-lactam (4-membered cyclic amide) rings is 1. The highest BCUT2D eigenvalue weighted by Gasteiger charge is 2.64. The van der Waals surface area contributed by atoms with Crippen LogP contribution in [-0.4, -0.2) is 115 Å². The molecule has 250 valence electrons. The van der Waals surface area contributed by atoms with Crippen LogP contribution in [0.4, 0.5) is 5.13 Å². The van der Waals surface area contributed by atoms with Crippen molar-refractivity contribution < 1.29 is 49.5 Å². The fourth-order valence-corrected chi connectivity index (χ4v) is 6.62. The SMILES string of the molecule is CC(C)(O/N=C(\C(=O)NC1C(=O)N2C[C@@](C(O)O)(n3nnc(CNC(=O)c4ccc(O)c(O)c4Cl)n3)S[C@H]12)c1csc(N)n1)C(=O)O. The number of anilines is 1. The molecule has 2 aliphatic heterocycles. The van der Waals surface area contributed by atoms with Crippen LogP contribution in [0.1, 0.15) is 35.7 Å². The van der Waals surface area contributed by atoms with Gasteiger partial charge in [-0.1, -0.05) is 28.5 Å². The molecule has 2 aromatic heterocycles. The number of aromatic hydroxyl groups is 2. The second-order valence-electron chi connectivity index (χ2n) is 10.5. The van der Waals surface area contributed by atoms with Gasteiger partial charge < -0.3 is 51.6 Å². The molecule has 2 aliphatic rings. The van der Waals surface area contributed by atoms with Crippen molar-refractivity contribution in [2.45, 2.75) is 48.6 Å². The summed E-state index contributed by atoms with van der Waals surface area (Å²) < 4.78 is 0. The molecule has 1 unspecified atom stereocenters. The quantitative estimate of drug-likeness (QED) is 0.0363. The maximum absolute atomic E-state index is 13.3. The number of nitrogens with zero attached hydrogens (tertiary/aromatic N) is 7. The number of thioether (sulfide) groups is 1. The number of phenolic OH excluding ortho intramolecular Hbond substituents is 2. The Hall–Kier alpha value is -4.77. The Bertz CT molecular complexity index is 1800. The molecule has 4 heterocycles. The number of fused-ring (bicyclic) bond motifs is 1. The monoisotopic (exact) mass is 712 g/mol. The number of carbonyl (C=O) groups is 4. The first kappa shape index (κ1) is 33.6. The fraction of sp³-hybridized carbons (Fsp3) is 0.375. The van der Waals surface area contributed by atoms with E-state index in [9.17, 15) is 44.7 Å². The summed E-state index contributed by atoms with van der Waals surface area (Å²) in [7, 11) is 0. The summed E-state index contributed by atoms with van der Waals surface area (Å²) in [5.41, 5.74) is 3.22. The number of carbonyl (C=O) groups excluding carboxylic acids is 3. The highest BCUT2D eigenvalue weighted by atomic mass is 35.5. The van der Waals surface area contributed by atoms with Gasteiger partial charge in [0.1, 0.15) is 17.1 Å². The summed E-state index contributed by atoms with van der Waals surface area (Å²) in [6, 6.07) is 1.06. The van der Waals surface area contributed by atoms with E-state index in [4.69, 9.17) is 22.2 Å². The minimum atomic E-state index is -2.14. The average Bonchev–Trinajstić information content (AvgIpc) is 3.75. The standard InChI is InChI=1S/C24H25ClN10O10S2/c1-23(2,20(41)42)45-32-13(9-6-46-22(26)28-9)17(39)29-14-18(40)34-7-24(21(43)44,47-19(14)34)35-31-11(30-33-35)5-27-16(38)8-3-4-10(36)15(37)12(8)25/h3-4,6,14,19,21,36-37,43-44H,5,7H2,1-2H3,(H2,26,28)(H,27,38)(H,29,39)(H,41,42)/b32-13-/t14?,19-,24-/m1/s1. The average molecular weight is 713 g/mol. The molecule has 0 bridgehead atoms. The number of aliphatic hydroxyl groups excluding tert-OH is 1. The summed E-state index contributed by atoms with van der Waals surface area (Å²) in [4.78, 5) is 59.8. The van der Waals surface area contributed by atoms with Gasteiger partial charge in [-0.25, -0.2) is 9.78 Å². The number of aromatic nitrogens is 5. The van der Waals surface area contributed by atoms with Gasteiger partial charge in [0.15, 0.2) is 39.3 Å². The van der Waals surface area contributed by atoms with Crippen molar-refractivity contribution in [2.75, 3.05) is 12.3 Å². The number of nitrogens with two attached hydrogens (primary N) is 1. The zero-order valence-corrected chi connectivity index (χ0v) is 26.4. The highest BCUT2D eigenvalue weighted by molar-refractivity contribution is 8.01. The van der Waals surface area contributed by atoms with E-state index in [1.54, 1.807) is 0 Å². The Balaban J connectivity index is 1.30. The molecule has 5 rings (SSSR count). The number of thiazole rings is 1. The van der Waals surface area contributed by atoms with Gasteiger partial charge in [0.05, 0.1) is 23.7 Å². The van der Waals surface area contributed by atoms with Crippen LogP contribution in [0.5, 0.6) is 11.5 Å². The van der Waals surface area contributed by atoms with Crippen LogP contribution in [0, 0.1) is 0 Å². The summed E-state index contributed by atoms with van der Waals surface area (Å²) in [5.74, 6) is -4.92. The first-order valence-corrected chi connectivity index (χ1v) is 15.3. The van der Waals surface area contributed by atoms with E-state index < -0.39 is 69.1 Å². The van der Waals surface area contributed by atoms with Crippen LogP contribution in [-0.2, 0) is 30.6 Å². The number of carboxylic acid groups (broad SMARTS) is 1. The molecule has 20 nitrogen and oxygen atoms in total. The molecular formula is C24H25ClN10O10S2. The number of halogens is 1. The number of rotatable bonds is 11. The van der Waals surface area contributed by atoms with E-state index in [1.165, 1.54) is 30.2 Å². The Kier molecular flexibility index (Phi) is 8.89. The third kappa shape index (κ3) is 6.19. The summed E-state index contributed by atoms with van der Waals surface area (Å²) in [6.07, 6.45) is -2.14. The number of amides is 3. The van der Waals surface area contributed by atoms with Gasteiger partial charge in [-0.3, -0.25) is 14.4 Å². The third-order valence-electron chi connectivity index (χ3n) is 6.95. The van der Waals surface area contributed by atoms with E-state index in [0.717, 1.165) is 34.0 Å². The molecular weight excluding hydrogens is 688 g/mol. The van der Waals surface area contributed by atoms with Crippen molar-refractivity contribution in [1.29, 1.82) is 0 Å². The number of benzene rings is 1. The van der Waals surface area contributed by atoms with Crippen molar-refractivity contribution in [2.24, 2.45) is 5.16 Å². The van der Waals surface area contributed by atoms with E-state index >= 15 is 0 Å². The van der Waals surface area contributed by atoms with Crippen molar-refractivity contribution in [3.8, 4) is 11.5 Å².